The summed E-state index contributed by atoms with van der Waals surface area (Å²) in [4.78, 5) is 26.9. The predicted octanol–water partition coefficient (Wildman–Crippen LogP) is 1.41. The second-order valence-electron chi connectivity index (χ2n) is 7.16. The van der Waals surface area contributed by atoms with Crippen molar-refractivity contribution >= 4 is 16.9 Å². The van der Waals surface area contributed by atoms with Gasteiger partial charge in [0.15, 0.2) is 0 Å². The maximum absolute atomic E-state index is 12.6. The van der Waals surface area contributed by atoms with E-state index in [2.05, 4.69) is 33.6 Å². The molecule has 6 heteroatoms. The first-order valence-corrected chi connectivity index (χ1v) is 8.82. The van der Waals surface area contributed by atoms with Gasteiger partial charge < -0.3 is 9.88 Å². The third-order valence-electron chi connectivity index (χ3n) is 5.41. The van der Waals surface area contributed by atoms with Crippen LogP contribution in [0.1, 0.15) is 24.2 Å². The molecule has 2 aliphatic rings. The minimum absolute atomic E-state index is 0.128. The van der Waals surface area contributed by atoms with Crippen molar-refractivity contribution in [3.8, 4) is 0 Å². The number of nitrogens with one attached hydrogen (secondary N) is 1. The molecule has 0 bridgehead atoms. The van der Waals surface area contributed by atoms with Crippen molar-refractivity contribution in [2.24, 2.45) is 0 Å². The average Bonchev–Trinajstić information content (AvgIpc) is 3.01. The molecule has 0 radical (unpaired) electrons. The van der Waals surface area contributed by atoms with Crippen LogP contribution in [0.15, 0.2) is 24.5 Å². The number of hydrogen-bond donors (Lipinski definition) is 1. The molecule has 2 fully saturated rings. The normalized spacial score (nSPS) is 20.7. The van der Waals surface area contributed by atoms with Crippen molar-refractivity contribution in [2.45, 2.75) is 25.9 Å². The molecule has 0 unspecified atom stereocenters. The molecule has 24 heavy (non-hydrogen) atoms. The van der Waals surface area contributed by atoms with Crippen LogP contribution in [0.5, 0.6) is 0 Å². The van der Waals surface area contributed by atoms with Gasteiger partial charge in [-0.3, -0.25) is 14.6 Å². The number of benzene rings is 1. The number of fused-ring (bicyclic) bond motifs is 1. The zero-order valence-corrected chi connectivity index (χ0v) is 14.4. The smallest absolute Gasteiger partial charge is 0.254 e. The van der Waals surface area contributed by atoms with E-state index in [4.69, 9.17) is 0 Å². The molecule has 4 rings (SSSR count). The molecule has 2 aliphatic heterocycles. The van der Waals surface area contributed by atoms with Gasteiger partial charge in [0, 0.05) is 56.9 Å². The number of nitrogens with zero attached hydrogens (tertiary/aromatic N) is 4. The summed E-state index contributed by atoms with van der Waals surface area (Å²) >= 11 is 0. The number of aromatic nitrogens is 2. The van der Waals surface area contributed by atoms with Crippen molar-refractivity contribution in [1.82, 2.24) is 24.7 Å². The van der Waals surface area contributed by atoms with Crippen LogP contribution in [0.25, 0.3) is 11.0 Å². The number of rotatable bonds is 3. The summed E-state index contributed by atoms with van der Waals surface area (Å²) in [5.74, 6) is 0.128. The lowest BCUT2D eigenvalue weighted by Crippen LogP contribution is -2.64. The summed E-state index contributed by atoms with van der Waals surface area (Å²) < 4.78 is 0. The number of piperazine rings is 1. The molecular formula is C18H25N5O. The lowest BCUT2D eigenvalue weighted by Gasteiger charge is -2.48. The SMILES string of the molecule is CC(C)N1CCN(C2CN(C(=O)c3ccc4nc[nH]c4c3)C2)CC1. The molecule has 128 valence electrons. The van der Waals surface area contributed by atoms with E-state index in [1.54, 1.807) is 6.33 Å². The number of aromatic amines is 1. The van der Waals surface area contributed by atoms with Gasteiger partial charge in [-0.15, -0.1) is 0 Å². The first-order valence-electron chi connectivity index (χ1n) is 8.82. The van der Waals surface area contributed by atoms with Crippen molar-refractivity contribution in [2.75, 3.05) is 39.3 Å². The molecule has 1 N–H and O–H groups in total. The summed E-state index contributed by atoms with van der Waals surface area (Å²) in [7, 11) is 0. The number of carbonyl (C=O) groups is 1. The summed E-state index contributed by atoms with van der Waals surface area (Å²) in [5, 5.41) is 0. The average molecular weight is 327 g/mol. The van der Waals surface area contributed by atoms with E-state index in [1.807, 2.05) is 23.1 Å². The Morgan fingerprint density at radius 1 is 1.21 bits per heavy atom. The van der Waals surface area contributed by atoms with Crippen molar-refractivity contribution in [1.29, 1.82) is 0 Å². The number of amides is 1. The first kappa shape index (κ1) is 15.6. The minimum atomic E-state index is 0.128. The minimum Gasteiger partial charge on any atom is -0.345 e. The second-order valence-corrected chi connectivity index (χ2v) is 7.16. The van der Waals surface area contributed by atoms with Crippen LogP contribution < -0.4 is 0 Å². The number of carbonyl (C=O) groups excluding carboxylic acids is 1. The van der Waals surface area contributed by atoms with Gasteiger partial charge in [-0.2, -0.15) is 0 Å². The monoisotopic (exact) mass is 327 g/mol. The Morgan fingerprint density at radius 3 is 2.67 bits per heavy atom. The van der Waals surface area contributed by atoms with Gasteiger partial charge in [0.05, 0.1) is 17.4 Å². The quantitative estimate of drug-likeness (QED) is 0.926. The predicted molar refractivity (Wildman–Crippen MR) is 94.1 cm³/mol. The first-order chi connectivity index (χ1) is 11.6. The highest BCUT2D eigenvalue weighted by Crippen LogP contribution is 2.21. The Kier molecular flexibility index (Phi) is 4.02. The van der Waals surface area contributed by atoms with Crippen LogP contribution in [-0.4, -0.2) is 81.9 Å². The van der Waals surface area contributed by atoms with E-state index in [0.717, 1.165) is 55.9 Å². The van der Waals surface area contributed by atoms with E-state index in [1.165, 1.54) is 0 Å². The molecule has 0 saturated carbocycles. The zero-order chi connectivity index (χ0) is 16.7. The van der Waals surface area contributed by atoms with E-state index < -0.39 is 0 Å². The fourth-order valence-corrected chi connectivity index (χ4v) is 3.72. The van der Waals surface area contributed by atoms with E-state index >= 15 is 0 Å². The highest BCUT2D eigenvalue weighted by atomic mass is 16.2. The molecule has 0 aliphatic carbocycles. The molecule has 1 aromatic heterocycles. The van der Waals surface area contributed by atoms with Crippen molar-refractivity contribution < 1.29 is 4.79 Å². The van der Waals surface area contributed by atoms with Crippen molar-refractivity contribution in [3.05, 3.63) is 30.1 Å². The molecule has 1 amide bonds. The lowest BCUT2D eigenvalue weighted by atomic mass is 10.0. The third-order valence-corrected chi connectivity index (χ3v) is 5.41. The van der Waals surface area contributed by atoms with Crippen molar-refractivity contribution in [3.63, 3.8) is 0 Å². The van der Waals surface area contributed by atoms with Crippen LogP contribution in [0.3, 0.4) is 0 Å². The second kappa shape index (κ2) is 6.18. The summed E-state index contributed by atoms with van der Waals surface area (Å²) in [6, 6.07) is 6.84. The number of imidazole rings is 1. The van der Waals surface area contributed by atoms with E-state index in [-0.39, 0.29) is 5.91 Å². The van der Waals surface area contributed by atoms with Gasteiger partial charge in [0.1, 0.15) is 0 Å². The summed E-state index contributed by atoms with van der Waals surface area (Å²) in [6.45, 7) is 10.7. The standard InChI is InChI=1S/C18H25N5O/c1-13(2)21-5-7-22(8-6-21)15-10-23(11-15)18(24)14-3-4-16-17(9-14)20-12-19-16/h3-4,9,12-13,15H,5-8,10-11H2,1-2H3,(H,19,20). The van der Waals surface area contributed by atoms with Gasteiger partial charge in [-0.1, -0.05) is 0 Å². The van der Waals surface area contributed by atoms with Crippen LogP contribution in [0.2, 0.25) is 0 Å². The highest BCUT2D eigenvalue weighted by Gasteiger charge is 2.36. The Morgan fingerprint density at radius 2 is 1.96 bits per heavy atom. The molecule has 0 spiro atoms. The Hall–Kier alpha value is -1.92. The summed E-state index contributed by atoms with van der Waals surface area (Å²) in [5.41, 5.74) is 2.56. The molecule has 6 nitrogen and oxygen atoms in total. The molecule has 2 saturated heterocycles. The highest BCUT2D eigenvalue weighted by molar-refractivity contribution is 5.97. The lowest BCUT2D eigenvalue weighted by molar-refractivity contribution is 0.00318. The van der Waals surface area contributed by atoms with Crippen LogP contribution in [-0.2, 0) is 0 Å². The fraction of sp³-hybridized carbons (Fsp3) is 0.556. The van der Waals surface area contributed by atoms with Crippen LogP contribution in [0, 0.1) is 0 Å². The maximum atomic E-state index is 12.6. The molecular weight excluding hydrogens is 302 g/mol. The summed E-state index contributed by atoms with van der Waals surface area (Å²) in [6.07, 6.45) is 1.66. The van der Waals surface area contributed by atoms with Crippen LogP contribution >= 0.6 is 0 Å². The molecule has 3 heterocycles. The van der Waals surface area contributed by atoms with Gasteiger partial charge in [0.2, 0.25) is 0 Å². The molecule has 1 aromatic carbocycles. The van der Waals surface area contributed by atoms with E-state index in [0.29, 0.717) is 12.1 Å². The van der Waals surface area contributed by atoms with Gasteiger partial charge in [-0.25, -0.2) is 4.98 Å². The fourth-order valence-electron chi connectivity index (χ4n) is 3.72. The van der Waals surface area contributed by atoms with Gasteiger partial charge in [0.25, 0.3) is 5.91 Å². The van der Waals surface area contributed by atoms with Gasteiger partial charge in [-0.05, 0) is 32.0 Å². The Labute approximate surface area is 142 Å². The topological polar surface area (TPSA) is 55.5 Å². The largest absolute Gasteiger partial charge is 0.345 e. The zero-order valence-electron chi connectivity index (χ0n) is 14.4. The van der Waals surface area contributed by atoms with E-state index in [9.17, 15) is 4.79 Å². The Balaban J connectivity index is 1.33. The number of likely N-dealkylation sites (tertiary alicyclic amines) is 1. The third kappa shape index (κ3) is 2.80. The Bertz CT molecular complexity index is 726. The maximum Gasteiger partial charge on any atom is 0.254 e. The van der Waals surface area contributed by atoms with Crippen LogP contribution in [0.4, 0.5) is 0 Å². The van der Waals surface area contributed by atoms with Gasteiger partial charge >= 0.3 is 0 Å². The number of hydrogen-bond acceptors (Lipinski definition) is 4. The molecule has 2 aromatic rings. The number of H-pyrrole nitrogens is 1. The molecule has 0 atom stereocenters.